The highest BCUT2D eigenvalue weighted by Gasteiger charge is 2.26. The summed E-state index contributed by atoms with van der Waals surface area (Å²) >= 11 is 5.96. The maximum absolute atomic E-state index is 12.7. The van der Waals surface area contributed by atoms with E-state index in [9.17, 15) is 4.79 Å². The van der Waals surface area contributed by atoms with Crippen LogP contribution in [0.5, 0.6) is 11.5 Å². The van der Waals surface area contributed by atoms with Gasteiger partial charge in [0.2, 0.25) is 0 Å². The van der Waals surface area contributed by atoms with Gasteiger partial charge in [-0.15, -0.1) is 12.4 Å². The number of halogens is 2. The lowest BCUT2D eigenvalue weighted by Gasteiger charge is -2.34. The van der Waals surface area contributed by atoms with Crippen molar-refractivity contribution in [2.75, 3.05) is 13.1 Å². The van der Waals surface area contributed by atoms with Gasteiger partial charge in [0.1, 0.15) is 11.5 Å². The van der Waals surface area contributed by atoms with Gasteiger partial charge in [0, 0.05) is 29.7 Å². The Balaban J connectivity index is 0.00000243. The summed E-state index contributed by atoms with van der Waals surface area (Å²) < 4.78 is 5.76. The third-order valence-electron chi connectivity index (χ3n) is 4.62. The average molecular weight is 395 g/mol. The molecule has 26 heavy (non-hydrogen) atoms. The molecule has 0 radical (unpaired) electrons. The predicted octanol–water partition coefficient (Wildman–Crippen LogP) is 4.75. The molecular formula is C20H24Cl2N2O2. The average Bonchev–Trinajstić information content (AvgIpc) is 2.62. The van der Waals surface area contributed by atoms with Crippen LogP contribution in [-0.2, 0) is 0 Å². The summed E-state index contributed by atoms with van der Waals surface area (Å²) in [5, 5.41) is 0.623. The third kappa shape index (κ3) is 5.13. The van der Waals surface area contributed by atoms with Crippen molar-refractivity contribution in [1.29, 1.82) is 0 Å². The summed E-state index contributed by atoms with van der Waals surface area (Å²) in [4.78, 5) is 14.6. The Morgan fingerprint density at radius 3 is 2.62 bits per heavy atom. The Hall–Kier alpha value is -1.75. The van der Waals surface area contributed by atoms with E-state index in [0.29, 0.717) is 28.0 Å². The van der Waals surface area contributed by atoms with Crippen LogP contribution in [0.2, 0.25) is 5.02 Å². The summed E-state index contributed by atoms with van der Waals surface area (Å²) in [6.07, 6.45) is 2.10. The van der Waals surface area contributed by atoms with Crippen molar-refractivity contribution in [1.82, 2.24) is 4.90 Å². The number of hydrogen-bond donors (Lipinski definition) is 1. The summed E-state index contributed by atoms with van der Waals surface area (Å²) in [5.74, 6) is 1.77. The first-order valence-electron chi connectivity index (χ1n) is 8.61. The topological polar surface area (TPSA) is 55.6 Å². The predicted molar refractivity (Wildman–Crippen MR) is 107 cm³/mol. The van der Waals surface area contributed by atoms with Crippen LogP contribution in [0.25, 0.3) is 0 Å². The summed E-state index contributed by atoms with van der Waals surface area (Å²) in [5.41, 5.74) is 6.68. The molecule has 6 heteroatoms. The quantitative estimate of drug-likeness (QED) is 0.813. The first-order valence-corrected chi connectivity index (χ1v) is 8.99. The normalized spacial score (nSPS) is 18.0. The van der Waals surface area contributed by atoms with Crippen LogP contribution in [0.1, 0.15) is 30.1 Å². The number of hydrogen-bond acceptors (Lipinski definition) is 3. The fraction of sp³-hybridized carbons (Fsp3) is 0.350. The Labute approximate surface area is 165 Å². The standard InChI is InChI=1S/C20H23ClN2O2.ClH/c1-14(22)16-4-3-11-23(13-16)20(24)15-7-9-18(10-8-15)25-19-6-2-5-17(21)12-19;/h2,5-10,12,14,16H,3-4,11,13,22H2,1H3;1H. The maximum atomic E-state index is 12.7. The van der Waals surface area contributed by atoms with Gasteiger partial charge in [-0.2, -0.15) is 0 Å². The van der Waals surface area contributed by atoms with E-state index >= 15 is 0 Å². The molecule has 2 aromatic carbocycles. The number of nitrogens with two attached hydrogens (primary N) is 1. The molecule has 0 aliphatic carbocycles. The highest BCUT2D eigenvalue weighted by atomic mass is 35.5. The molecule has 140 valence electrons. The number of benzene rings is 2. The second-order valence-electron chi connectivity index (χ2n) is 6.60. The minimum atomic E-state index is 0. The fourth-order valence-corrected chi connectivity index (χ4v) is 3.32. The molecule has 1 fully saturated rings. The maximum Gasteiger partial charge on any atom is 0.253 e. The van der Waals surface area contributed by atoms with E-state index in [-0.39, 0.29) is 24.4 Å². The Morgan fingerprint density at radius 1 is 1.23 bits per heavy atom. The van der Waals surface area contributed by atoms with E-state index in [1.54, 1.807) is 36.4 Å². The van der Waals surface area contributed by atoms with Crippen molar-refractivity contribution in [3.8, 4) is 11.5 Å². The Morgan fingerprint density at radius 2 is 1.96 bits per heavy atom. The lowest BCUT2D eigenvalue weighted by Crippen LogP contribution is -2.45. The molecule has 2 N–H and O–H groups in total. The van der Waals surface area contributed by atoms with Crippen LogP contribution in [0, 0.1) is 5.92 Å². The van der Waals surface area contributed by atoms with Gasteiger partial charge in [0.05, 0.1) is 0 Å². The largest absolute Gasteiger partial charge is 0.457 e. The molecule has 3 rings (SSSR count). The molecule has 2 atom stereocenters. The second-order valence-corrected chi connectivity index (χ2v) is 7.03. The van der Waals surface area contributed by atoms with Gasteiger partial charge in [-0.3, -0.25) is 4.79 Å². The number of rotatable bonds is 4. The van der Waals surface area contributed by atoms with Gasteiger partial charge in [-0.05, 0) is 68.1 Å². The molecule has 1 heterocycles. The van der Waals surface area contributed by atoms with Crippen LogP contribution < -0.4 is 10.5 Å². The SMILES string of the molecule is CC(N)C1CCCN(C(=O)c2ccc(Oc3cccc(Cl)c3)cc2)C1.Cl. The van der Waals surface area contributed by atoms with Crippen LogP contribution in [0.3, 0.4) is 0 Å². The Bertz CT molecular complexity index is 735. The van der Waals surface area contributed by atoms with Crippen molar-refractivity contribution in [3.05, 3.63) is 59.1 Å². The number of likely N-dealkylation sites (tertiary alicyclic amines) is 1. The highest BCUT2D eigenvalue weighted by molar-refractivity contribution is 6.30. The molecule has 0 bridgehead atoms. The molecule has 0 spiro atoms. The van der Waals surface area contributed by atoms with Crippen LogP contribution >= 0.6 is 24.0 Å². The molecule has 4 nitrogen and oxygen atoms in total. The minimum Gasteiger partial charge on any atom is -0.457 e. The second kappa shape index (κ2) is 9.26. The number of carbonyl (C=O) groups is 1. The number of nitrogens with zero attached hydrogens (tertiary/aromatic N) is 1. The summed E-state index contributed by atoms with van der Waals surface area (Å²) in [7, 11) is 0. The van der Waals surface area contributed by atoms with Gasteiger partial charge in [0.15, 0.2) is 0 Å². The van der Waals surface area contributed by atoms with Gasteiger partial charge in [-0.1, -0.05) is 17.7 Å². The molecule has 1 aliphatic heterocycles. The molecular weight excluding hydrogens is 371 g/mol. The number of piperidine rings is 1. The van der Waals surface area contributed by atoms with Crippen molar-refractivity contribution < 1.29 is 9.53 Å². The fourth-order valence-electron chi connectivity index (χ4n) is 3.14. The van der Waals surface area contributed by atoms with Crippen LogP contribution in [-0.4, -0.2) is 29.9 Å². The smallest absolute Gasteiger partial charge is 0.253 e. The lowest BCUT2D eigenvalue weighted by atomic mass is 9.92. The molecule has 2 unspecified atom stereocenters. The first-order chi connectivity index (χ1) is 12.0. The molecule has 1 amide bonds. The van der Waals surface area contributed by atoms with E-state index < -0.39 is 0 Å². The zero-order valence-corrected chi connectivity index (χ0v) is 16.3. The van der Waals surface area contributed by atoms with E-state index in [1.165, 1.54) is 0 Å². The van der Waals surface area contributed by atoms with E-state index in [1.807, 2.05) is 24.0 Å². The van der Waals surface area contributed by atoms with E-state index in [2.05, 4.69) is 0 Å². The highest BCUT2D eigenvalue weighted by Crippen LogP contribution is 2.25. The van der Waals surface area contributed by atoms with Gasteiger partial charge in [0.25, 0.3) is 5.91 Å². The number of ether oxygens (including phenoxy) is 1. The van der Waals surface area contributed by atoms with Gasteiger partial charge >= 0.3 is 0 Å². The van der Waals surface area contributed by atoms with Crippen molar-refractivity contribution >= 4 is 29.9 Å². The first kappa shape index (κ1) is 20.6. The zero-order chi connectivity index (χ0) is 17.8. The monoisotopic (exact) mass is 394 g/mol. The molecule has 1 saturated heterocycles. The van der Waals surface area contributed by atoms with Crippen molar-refractivity contribution in [3.63, 3.8) is 0 Å². The molecule has 0 aromatic heterocycles. The number of carbonyl (C=O) groups excluding carboxylic acids is 1. The van der Waals surface area contributed by atoms with Gasteiger partial charge < -0.3 is 15.4 Å². The molecule has 0 saturated carbocycles. The van der Waals surface area contributed by atoms with Crippen molar-refractivity contribution in [2.45, 2.75) is 25.8 Å². The minimum absolute atomic E-state index is 0. The van der Waals surface area contributed by atoms with Crippen molar-refractivity contribution in [2.24, 2.45) is 11.7 Å². The summed E-state index contributed by atoms with van der Waals surface area (Å²) in [6.45, 7) is 3.54. The van der Waals surface area contributed by atoms with Gasteiger partial charge in [-0.25, -0.2) is 0 Å². The molecule has 1 aliphatic rings. The van der Waals surface area contributed by atoms with Crippen LogP contribution in [0.15, 0.2) is 48.5 Å². The van der Waals surface area contributed by atoms with E-state index in [4.69, 9.17) is 22.1 Å². The number of amides is 1. The zero-order valence-electron chi connectivity index (χ0n) is 14.7. The lowest BCUT2D eigenvalue weighted by molar-refractivity contribution is 0.0661. The van der Waals surface area contributed by atoms with E-state index in [0.717, 1.165) is 25.9 Å². The Kier molecular flexibility index (Phi) is 7.33. The summed E-state index contributed by atoms with van der Waals surface area (Å²) in [6, 6.07) is 14.6. The molecule has 2 aromatic rings. The third-order valence-corrected chi connectivity index (χ3v) is 4.86. The van der Waals surface area contributed by atoms with Crippen LogP contribution in [0.4, 0.5) is 0 Å².